The number of hydrogen-bond acceptors (Lipinski definition) is 4. The highest BCUT2D eigenvalue weighted by Gasteiger charge is 2.14. The zero-order valence-electron chi connectivity index (χ0n) is 11.4. The van der Waals surface area contributed by atoms with Gasteiger partial charge in [-0.2, -0.15) is 0 Å². The summed E-state index contributed by atoms with van der Waals surface area (Å²) in [5, 5.41) is 3.41. The molecule has 2 heterocycles. The molecule has 1 fully saturated rings. The largest absolute Gasteiger partial charge is 0.388 e. The van der Waals surface area contributed by atoms with Crippen molar-refractivity contribution < 1.29 is 0 Å². The molecule has 4 nitrogen and oxygen atoms in total. The molecule has 1 saturated heterocycles. The molecular formula is C14H22N4S. The fraction of sp³-hybridized carbons (Fsp3) is 0.571. The molecule has 104 valence electrons. The first-order valence-corrected chi connectivity index (χ1v) is 7.28. The number of nitrogens with two attached hydrogens (primary N) is 1. The van der Waals surface area contributed by atoms with E-state index in [1.54, 1.807) is 6.20 Å². The summed E-state index contributed by atoms with van der Waals surface area (Å²) < 4.78 is 0. The van der Waals surface area contributed by atoms with Gasteiger partial charge in [-0.1, -0.05) is 19.1 Å². The monoisotopic (exact) mass is 278 g/mol. The van der Waals surface area contributed by atoms with Crippen LogP contribution in [0.4, 0.5) is 5.69 Å². The van der Waals surface area contributed by atoms with Gasteiger partial charge in [-0.15, -0.1) is 0 Å². The Balaban J connectivity index is 1.76. The Morgan fingerprint density at radius 2 is 2.21 bits per heavy atom. The molecule has 1 aromatic heterocycles. The summed E-state index contributed by atoms with van der Waals surface area (Å²) in [5.74, 6) is 0.633. The van der Waals surface area contributed by atoms with Crippen molar-refractivity contribution in [2.45, 2.75) is 19.8 Å². The molecule has 0 aromatic carbocycles. The molecule has 0 spiro atoms. The van der Waals surface area contributed by atoms with Crippen LogP contribution in [0.15, 0.2) is 18.3 Å². The second kappa shape index (κ2) is 6.82. The minimum Gasteiger partial charge on any atom is -0.388 e. The lowest BCUT2D eigenvalue weighted by atomic mass is 10.1. The molecule has 1 unspecified atom stereocenters. The highest BCUT2D eigenvalue weighted by Crippen LogP contribution is 2.12. The molecule has 19 heavy (non-hydrogen) atoms. The van der Waals surface area contributed by atoms with Crippen molar-refractivity contribution in [3.8, 4) is 0 Å². The van der Waals surface area contributed by atoms with Crippen molar-refractivity contribution in [1.29, 1.82) is 0 Å². The second-order valence-electron chi connectivity index (χ2n) is 5.29. The van der Waals surface area contributed by atoms with Gasteiger partial charge < -0.3 is 16.0 Å². The zero-order chi connectivity index (χ0) is 13.7. The molecule has 0 amide bonds. The van der Waals surface area contributed by atoms with Crippen molar-refractivity contribution in [3.63, 3.8) is 0 Å². The summed E-state index contributed by atoms with van der Waals surface area (Å²) >= 11 is 4.88. The van der Waals surface area contributed by atoms with Crippen molar-refractivity contribution in [2.24, 2.45) is 11.7 Å². The van der Waals surface area contributed by atoms with Gasteiger partial charge in [0.25, 0.3) is 0 Å². The molecule has 1 aromatic rings. The number of anilines is 1. The maximum Gasteiger partial charge on any atom is 0.122 e. The van der Waals surface area contributed by atoms with Crippen LogP contribution >= 0.6 is 12.2 Å². The summed E-state index contributed by atoms with van der Waals surface area (Å²) in [4.78, 5) is 7.10. The van der Waals surface area contributed by atoms with Crippen molar-refractivity contribution in [2.75, 3.05) is 31.5 Å². The molecule has 2 rings (SSSR count). The molecule has 1 aliphatic rings. The van der Waals surface area contributed by atoms with Gasteiger partial charge in [-0.3, -0.25) is 4.98 Å². The molecule has 0 radical (unpaired) electrons. The minimum absolute atomic E-state index is 0.342. The Labute approximate surface area is 120 Å². The first-order chi connectivity index (χ1) is 9.15. The van der Waals surface area contributed by atoms with Gasteiger partial charge in [0, 0.05) is 13.1 Å². The van der Waals surface area contributed by atoms with Gasteiger partial charge >= 0.3 is 0 Å². The van der Waals surface area contributed by atoms with Crippen LogP contribution in [0.25, 0.3) is 0 Å². The van der Waals surface area contributed by atoms with E-state index < -0.39 is 0 Å². The number of aromatic nitrogens is 1. The standard InChI is InChI=1S/C14H22N4S/c1-11(10-18-6-2-3-7-18)8-16-12-4-5-13(14(15)19)17-9-12/h4-5,9,11,16H,2-3,6-8,10H2,1H3,(H2,15,19). The summed E-state index contributed by atoms with van der Waals surface area (Å²) in [6.45, 7) is 6.93. The fourth-order valence-electron chi connectivity index (χ4n) is 2.41. The maximum absolute atomic E-state index is 5.52. The van der Waals surface area contributed by atoms with E-state index in [1.165, 1.54) is 32.5 Å². The van der Waals surface area contributed by atoms with E-state index in [4.69, 9.17) is 18.0 Å². The Bertz CT molecular complexity index is 412. The predicted octanol–water partition coefficient (Wildman–Crippen LogP) is 1.86. The van der Waals surface area contributed by atoms with Crippen molar-refractivity contribution in [3.05, 3.63) is 24.0 Å². The van der Waals surface area contributed by atoms with Crippen LogP contribution in [0.1, 0.15) is 25.5 Å². The summed E-state index contributed by atoms with van der Waals surface area (Å²) in [6, 6.07) is 3.83. The van der Waals surface area contributed by atoms with Gasteiger partial charge in [-0.05, 0) is 44.0 Å². The third kappa shape index (κ3) is 4.44. The van der Waals surface area contributed by atoms with Gasteiger partial charge in [0.15, 0.2) is 0 Å². The molecule has 0 aliphatic carbocycles. The van der Waals surface area contributed by atoms with Crippen molar-refractivity contribution >= 4 is 22.9 Å². The molecule has 0 saturated carbocycles. The summed E-state index contributed by atoms with van der Waals surface area (Å²) in [6.07, 6.45) is 4.49. The molecule has 3 N–H and O–H groups in total. The fourth-order valence-corrected chi connectivity index (χ4v) is 2.53. The van der Waals surface area contributed by atoms with Gasteiger partial charge in [0.1, 0.15) is 4.99 Å². The zero-order valence-corrected chi connectivity index (χ0v) is 12.2. The summed E-state index contributed by atoms with van der Waals surface area (Å²) in [5.41, 5.74) is 7.21. The average Bonchev–Trinajstić information content (AvgIpc) is 2.89. The Morgan fingerprint density at radius 1 is 1.47 bits per heavy atom. The molecule has 1 atom stereocenters. The van der Waals surface area contributed by atoms with Crippen LogP contribution in [-0.4, -0.2) is 41.1 Å². The van der Waals surface area contributed by atoms with Crippen LogP contribution in [0, 0.1) is 5.92 Å². The average molecular weight is 278 g/mol. The third-order valence-electron chi connectivity index (χ3n) is 3.44. The SMILES string of the molecule is CC(CNc1ccc(C(N)=S)nc1)CN1CCCC1. The molecule has 0 bridgehead atoms. The highest BCUT2D eigenvalue weighted by atomic mass is 32.1. The van der Waals surface area contributed by atoms with E-state index in [1.807, 2.05) is 12.1 Å². The van der Waals surface area contributed by atoms with E-state index >= 15 is 0 Å². The number of thiocarbonyl (C=S) groups is 1. The Hall–Kier alpha value is -1.20. The van der Waals surface area contributed by atoms with Gasteiger partial charge in [-0.25, -0.2) is 0 Å². The first-order valence-electron chi connectivity index (χ1n) is 6.87. The van der Waals surface area contributed by atoms with Crippen LogP contribution in [0.5, 0.6) is 0 Å². The highest BCUT2D eigenvalue weighted by molar-refractivity contribution is 7.80. The molecule has 1 aliphatic heterocycles. The quantitative estimate of drug-likeness (QED) is 0.778. The van der Waals surface area contributed by atoms with Gasteiger partial charge in [0.05, 0.1) is 17.6 Å². The first kappa shape index (κ1) is 14.2. The van der Waals surface area contributed by atoms with Crippen LogP contribution in [0.2, 0.25) is 0 Å². The van der Waals surface area contributed by atoms with E-state index in [-0.39, 0.29) is 0 Å². The normalized spacial score (nSPS) is 17.3. The Kier molecular flexibility index (Phi) is 5.10. The van der Waals surface area contributed by atoms with Crippen LogP contribution in [0.3, 0.4) is 0 Å². The maximum atomic E-state index is 5.52. The second-order valence-corrected chi connectivity index (χ2v) is 5.73. The number of rotatable bonds is 6. The lowest BCUT2D eigenvalue weighted by Gasteiger charge is -2.20. The van der Waals surface area contributed by atoms with E-state index in [2.05, 4.69) is 22.1 Å². The number of hydrogen-bond donors (Lipinski definition) is 2. The lowest BCUT2D eigenvalue weighted by Crippen LogP contribution is -2.28. The lowest BCUT2D eigenvalue weighted by molar-refractivity contribution is 0.294. The smallest absolute Gasteiger partial charge is 0.122 e. The minimum atomic E-state index is 0.342. The number of nitrogens with zero attached hydrogens (tertiary/aromatic N) is 2. The number of nitrogens with one attached hydrogen (secondary N) is 1. The van der Waals surface area contributed by atoms with Crippen LogP contribution < -0.4 is 11.1 Å². The van der Waals surface area contributed by atoms with E-state index in [0.29, 0.717) is 16.6 Å². The van der Waals surface area contributed by atoms with Crippen molar-refractivity contribution in [1.82, 2.24) is 9.88 Å². The van der Waals surface area contributed by atoms with Gasteiger partial charge in [0.2, 0.25) is 0 Å². The number of likely N-dealkylation sites (tertiary alicyclic amines) is 1. The van der Waals surface area contributed by atoms with E-state index in [0.717, 1.165) is 12.2 Å². The molecule has 5 heteroatoms. The third-order valence-corrected chi connectivity index (χ3v) is 3.65. The Morgan fingerprint density at radius 3 is 2.79 bits per heavy atom. The topological polar surface area (TPSA) is 54.2 Å². The van der Waals surface area contributed by atoms with E-state index in [9.17, 15) is 0 Å². The van der Waals surface area contributed by atoms with Crippen LogP contribution in [-0.2, 0) is 0 Å². The number of pyridine rings is 1. The predicted molar refractivity (Wildman–Crippen MR) is 83.5 cm³/mol. The summed E-state index contributed by atoms with van der Waals surface area (Å²) in [7, 11) is 0. The molecular weight excluding hydrogens is 256 g/mol.